The summed E-state index contributed by atoms with van der Waals surface area (Å²) >= 11 is 0. The lowest BCUT2D eigenvalue weighted by Gasteiger charge is -2.26. The number of para-hydroxylation sites is 2. The fourth-order valence-corrected chi connectivity index (χ4v) is 3.65. The van der Waals surface area contributed by atoms with Crippen LogP contribution in [0.4, 0.5) is 0 Å². The Morgan fingerprint density at radius 1 is 1.16 bits per heavy atom. The smallest absolute Gasteiger partial charge is 0.293 e. The average molecular weight is 338 g/mol. The first kappa shape index (κ1) is 14.5. The fourth-order valence-electron chi connectivity index (χ4n) is 3.65. The molecule has 0 saturated heterocycles. The second-order valence-corrected chi connectivity index (χ2v) is 6.54. The molecule has 2 aromatic heterocycles. The molecule has 1 aliphatic carbocycles. The molecule has 0 saturated carbocycles. The zero-order valence-corrected chi connectivity index (χ0v) is 13.7. The van der Waals surface area contributed by atoms with E-state index in [0.29, 0.717) is 24.4 Å². The Hall–Kier alpha value is -2.83. The summed E-state index contributed by atoms with van der Waals surface area (Å²) < 4.78 is 14.8. The van der Waals surface area contributed by atoms with Crippen LogP contribution in [0.2, 0.25) is 0 Å². The van der Waals surface area contributed by atoms with Crippen molar-refractivity contribution in [2.45, 2.75) is 38.3 Å². The molecular weight excluding hydrogens is 320 g/mol. The molecule has 128 valence electrons. The number of hydrogen-bond acceptors (Lipinski definition) is 5. The van der Waals surface area contributed by atoms with Crippen molar-refractivity contribution in [3.05, 3.63) is 52.2 Å². The minimum atomic E-state index is -0.249. The second-order valence-electron chi connectivity index (χ2n) is 6.54. The van der Waals surface area contributed by atoms with E-state index in [1.165, 1.54) is 4.68 Å². The standard InChI is InChI=1S/C18H18N4O3/c23-18-17-13-5-1-2-6-14(13)20-22(17)11-19-21(18)9-12-10-24-15-7-3-4-8-16(15)25-12/h3-4,7-8,11-12H,1-2,5-6,9-10H2/t12-/m1/s1. The van der Waals surface area contributed by atoms with Gasteiger partial charge >= 0.3 is 0 Å². The zero-order valence-electron chi connectivity index (χ0n) is 13.7. The monoisotopic (exact) mass is 338 g/mol. The Morgan fingerprint density at radius 2 is 2.00 bits per heavy atom. The highest BCUT2D eigenvalue weighted by Gasteiger charge is 2.24. The molecule has 25 heavy (non-hydrogen) atoms. The molecule has 0 radical (unpaired) electrons. The van der Waals surface area contributed by atoms with Gasteiger partial charge in [0.15, 0.2) is 17.6 Å². The maximum absolute atomic E-state index is 12.9. The van der Waals surface area contributed by atoms with Crippen LogP contribution in [0.5, 0.6) is 11.5 Å². The maximum atomic E-state index is 12.9. The predicted octanol–water partition coefficient (Wildman–Crippen LogP) is 1.61. The van der Waals surface area contributed by atoms with Crippen molar-refractivity contribution in [3.63, 3.8) is 0 Å². The predicted molar refractivity (Wildman–Crippen MR) is 90.2 cm³/mol. The van der Waals surface area contributed by atoms with Crippen LogP contribution in [0.15, 0.2) is 35.4 Å². The number of nitrogens with zero attached hydrogens (tertiary/aromatic N) is 4. The molecule has 3 heterocycles. The summed E-state index contributed by atoms with van der Waals surface area (Å²) in [6.07, 6.45) is 5.45. The quantitative estimate of drug-likeness (QED) is 0.710. The Morgan fingerprint density at radius 3 is 2.92 bits per heavy atom. The van der Waals surface area contributed by atoms with Crippen molar-refractivity contribution in [2.75, 3.05) is 6.61 Å². The minimum absolute atomic E-state index is 0.111. The topological polar surface area (TPSA) is 70.7 Å². The minimum Gasteiger partial charge on any atom is -0.486 e. The number of aromatic nitrogens is 4. The van der Waals surface area contributed by atoms with Gasteiger partial charge < -0.3 is 9.47 Å². The van der Waals surface area contributed by atoms with Gasteiger partial charge in [0.05, 0.1) is 12.2 Å². The fraction of sp³-hybridized carbons (Fsp3) is 0.389. The van der Waals surface area contributed by atoms with Gasteiger partial charge in [0.2, 0.25) is 0 Å². The largest absolute Gasteiger partial charge is 0.486 e. The van der Waals surface area contributed by atoms with Crippen molar-refractivity contribution >= 4 is 5.52 Å². The molecule has 1 aliphatic heterocycles. The Kier molecular flexibility index (Phi) is 3.26. The maximum Gasteiger partial charge on any atom is 0.293 e. The molecule has 7 heteroatoms. The van der Waals surface area contributed by atoms with E-state index in [1.807, 2.05) is 24.3 Å². The van der Waals surface area contributed by atoms with Crippen LogP contribution in [-0.2, 0) is 19.4 Å². The van der Waals surface area contributed by atoms with Crippen molar-refractivity contribution in [2.24, 2.45) is 0 Å². The Balaban J connectivity index is 1.48. The van der Waals surface area contributed by atoms with E-state index in [-0.39, 0.29) is 11.7 Å². The van der Waals surface area contributed by atoms with Crippen LogP contribution in [0.25, 0.3) is 5.52 Å². The van der Waals surface area contributed by atoms with Crippen LogP contribution >= 0.6 is 0 Å². The molecule has 1 atom stereocenters. The third-order valence-corrected chi connectivity index (χ3v) is 4.86. The number of ether oxygens (including phenoxy) is 2. The third kappa shape index (κ3) is 2.38. The summed E-state index contributed by atoms with van der Waals surface area (Å²) in [5, 5.41) is 8.79. The lowest BCUT2D eigenvalue weighted by Crippen LogP contribution is -2.38. The summed E-state index contributed by atoms with van der Waals surface area (Å²) in [6, 6.07) is 7.56. The van der Waals surface area contributed by atoms with E-state index in [1.54, 1.807) is 10.8 Å². The molecule has 0 amide bonds. The molecule has 5 rings (SSSR count). The number of fused-ring (bicyclic) bond motifs is 4. The van der Waals surface area contributed by atoms with Crippen LogP contribution in [-0.4, -0.2) is 32.1 Å². The van der Waals surface area contributed by atoms with Gasteiger partial charge in [-0.25, -0.2) is 9.20 Å². The van der Waals surface area contributed by atoms with Crippen LogP contribution in [0.3, 0.4) is 0 Å². The highest BCUT2D eigenvalue weighted by atomic mass is 16.6. The van der Waals surface area contributed by atoms with Gasteiger partial charge in [0.1, 0.15) is 18.5 Å². The number of rotatable bonds is 2. The first-order valence-corrected chi connectivity index (χ1v) is 8.64. The Labute approximate surface area is 143 Å². The normalized spacial score (nSPS) is 19.0. The molecular formula is C18H18N4O3. The lowest BCUT2D eigenvalue weighted by molar-refractivity contribution is 0.0747. The highest BCUT2D eigenvalue weighted by molar-refractivity contribution is 5.55. The first-order chi connectivity index (χ1) is 12.3. The summed E-state index contributed by atoms with van der Waals surface area (Å²) in [7, 11) is 0. The first-order valence-electron chi connectivity index (χ1n) is 8.64. The molecule has 3 aromatic rings. The van der Waals surface area contributed by atoms with Gasteiger partial charge in [-0.2, -0.15) is 10.2 Å². The van der Waals surface area contributed by atoms with Crippen LogP contribution in [0.1, 0.15) is 24.1 Å². The SMILES string of the molecule is O=c1c2c3c(nn2cnn1C[C@@H]1COc2ccccc2O1)CCCC3. The van der Waals surface area contributed by atoms with E-state index in [2.05, 4.69) is 10.2 Å². The average Bonchev–Trinajstić information content (AvgIpc) is 3.03. The summed E-state index contributed by atoms with van der Waals surface area (Å²) in [5.74, 6) is 1.44. The van der Waals surface area contributed by atoms with Gasteiger partial charge in [-0.3, -0.25) is 4.79 Å². The molecule has 7 nitrogen and oxygen atoms in total. The molecule has 0 fully saturated rings. The van der Waals surface area contributed by atoms with E-state index >= 15 is 0 Å². The van der Waals surface area contributed by atoms with Gasteiger partial charge in [-0.05, 0) is 37.8 Å². The van der Waals surface area contributed by atoms with Crippen molar-refractivity contribution in [1.29, 1.82) is 0 Å². The molecule has 2 aliphatic rings. The third-order valence-electron chi connectivity index (χ3n) is 4.86. The van der Waals surface area contributed by atoms with Crippen molar-refractivity contribution in [3.8, 4) is 11.5 Å². The number of hydrogen-bond donors (Lipinski definition) is 0. The summed E-state index contributed by atoms with van der Waals surface area (Å²) in [5.41, 5.74) is 2.66. The van der Waals surface area contributed by atoms with Gasteiger partial charge in [0, 0.05) is 5.56 Å². The van der Waals surface area contributed by atoms with Crippen LogP contribution in [0, 0.1) is 0 Å². The molecule has 0 bridgehead atoms. The van der Waals surface area contributed by atoms with Crippen molar-refractivity contribution in [1.82, 2.24) is 19.4 Å². The van der Waals surface area contributed by atoms with Gasteiger partial charge in [-0.15, -0.1) is 0 Å². The van der Waals surface area contributed by atoms with E-state index in [9.17, 15) is 4.79 Å². The molecule has 1 aromatic carbocycles. The lowest BCUT2D eigenvalue weighted by atomic mass is 9.97. The van der Waals surface area contributed by atoms with E-state index in [0.717, 1.165) is 42.7 Å². The summed E-state index contributed by atoms with van der Waals surface area (Å²) in [6.45, 7) is 0.747. The van der Waals surface area contributed by atoms with Crippen LogP contribution < -0.4 is 15.0 Å². The highest BCUT2D eigenvalue weighted by Crippen LogP contribution is 2.31. The van der Waals surface area contributed by atoms with E-state index < -0.39 is 0 Å². The Bertz CT molecular complexity index is 1010. The molecule has 0 unspecified atom stereocenters. The van der Waals surface area contributed by atoms with Gasteiger partial charge in [0.25, 0.3) is 5.56 Å². The van der Waals surface area contributed by atoms with Crippen molar-refractivity contribution < 1.29 is 9.47 Å². The van der Waals surface area contributed by atoms with E-state index in [4.69, 9.17) is 9.47 Å². The van der Waals surface area contributed by atoms with Gasteiger partial charge in [-0.1, -0.05) is 12.1 Å². The summed E-state index contributed by atoms with van der Waals surface area (Å²) in [4.78, 5) is 12.9. The second kappa shape index (κ2) is 5.61. The zero-order chi connectivity index (χ0) is 16.8. The number of benzene rings is 1. The molecule has 0 spiro atoms. The number of aryl methyl sites for hydroxylation is 2. The molecule has 0 N–H and O–H groups in total.